The zero-order chi connectivity index (χ0) is 10.4. The van der Waals surface area contributed by atoms with Crippen LogP contribution in [0.5, 0.6) is 0 Å². The lowest BCUT2D eigenvalue weighted by Crippen LogP contribution is -2.17. The molecule has 0 bridgehead atoms. The molecule has 0 aromatic carbocycles. The largest absolute Gasteiger partial charge is 0.328 e. The quantitative estimate of drug-likeness (QED) is 0.659. The van der Waals surface area contributed by atoms with Gasteiger partial charge in [-0.15, -0.1) is 0 Å². The van der Waals surface area contributed by atoms with Crippen molar-refractivity contribution in [3.63, 3.8) is 0 Å². The summed E-state index contributed by atoms with van der Waals surface area (Å²) in [4.78, 5) is 17.1. The summed E-state index contributed by atoms with van der Waals surface area (Å²) in [7, 11) is -2.17. The molecule has 0 aromatic heterocycles. The van der Waals surface area contributed by atoms with Gasteiger partial charge in [0.05, 0.1) is 6.61 Å². The molecule has 2 N–H and O–H groups in total. The monoisotopic (exact) mass is 208 g/mol. The van der Waals surface area contributed by atoms with Crippen LogP contribution in [0.15, 0.2) is 0 Å². The molecule has 0 aliphatic heterocycles. The molecule has 0 atom stereocenters. The van der Waals surface area contributed by atoms with Gasteiger partial charge in [-0.25, -0.2) is 0 Å². The maximum Gasteiger partial charge on any atom is 0.327 e. The van der Waals surface area contributed by atoms with Crippen LogP contribution in [0.4, 0.5) is 0 Å². The second-order valence-electron chi connectivity index (χ2n) is 4.03. The molecule has 0 saturated carbocycles. The molecule has 0 aromatic rings. The van der Waals surface area contributed by atoms with Crippen LogP contribution < -0.4 is 0 Å². The Morgan fingerprint density at radius 1 is 1.08 bits per heavy atom. The fourth-order valence-corrected chi connectivity index (χ4v) is 1.98. The maximum atomic E-state index is 8.54. The van der Waals surface area contributed by atoms with E-state index >= 15 is 0 Å². The van der Waals surface area contributed by atoms with E-state index in [1.165, 1.54) is 0 Å². The SMILES string of the molecule is CC(C)C(CCOP(O)O)C(C)C. The van der Waals surface area contributed by atoms with Gasteiger partial charge < -0.3 is 14.3 Å². The molecule has 0 unspecified atom stereocenters. The molecule has 4 heteroatoms. The summed E-state index contributed by atoms with van der Waals surface area (Å²) in [5.41, 5.74) is 0. The van der Waals surface area contributed by atoms with Crippen molar-refractivity contribution in [3.8, 4) is 0 Å². The average Bonchev–Trinajstić information content (AvgIpc) is 1.95. The second kappa shape index (κ2) is 6.72. The Bertz CT molecular complexity index is 118. The third-order valence-electron chi connectivity index (χ3n) is 2.37. The van der Waals surface area contributed by atoms with Crippen molar-refractivity contribution in [1.29, 1.82) is 0 Å². The first-order valence-electron chi connectivity index (χ1n) is 4.76. The predicted octanol–water partition coefficient (Wildman–Crippen LogP) is 2.53. The Morgan fingerprint density at radius 3 is 1.85 bits per heavy atom. The van der Waals surface area contributed by atoms with Gasteiger partial charge in [0, 0.05) is 0 Å². The maximum absolute atomic E-state index is 8.54. The number of hydrogen-bond donors (Lipinski definition) is 2. The standard InChI is InChI=1S/C9H21O3P/c1-7(2)9(8(3)4)5-6-12-13(10)11/h7-11H,5-6H2,1-4H3. The van der Waals surface area contributed by atoms with Gasteiger partial charge in [0.25, 0.3) is 0 Å². The minimum atomic E-state index is -2.17. The van der Waals surface area contributed by atoms with Crippen LogP contribution in [0, 0.1) is 17.8 Å². The predicted molar refractivity (Wildman–Crippen MR) is 55.1 cm³/mol. The highest BCUT2D eigenvalue weighted by Gasteiger charge is 2.17. The molecule has 3 nitrogen and oxygen atoms in total. The van der Waals surface area contributed by atoms with Crippen molar-refractivity contribution in [3.05, 3.63) is 0 Å². The summed E-state index contributed by atoms with van der Waals surface area (Å²) in [6.45, 7) is 9.19. The van der Waals surface area contributed by atoms with Crippen LogP contribution in [-0.2, 0) is 4.52 Å². The van der Waals surface area contributed by atoms with Crippen LogP contribution in [0.25, 0.3) is 0 Å². The van der Waals surface area contributed by atoms with Gasteiger partial charge in [-0.3, -0.25) is 0 Å². The Morgan fingerprint density at radius 2 is 1.54 bits per heavy atom. The van der Waals surface area contributed by atoms with E-state index in [1.807, 2.05) is 0 Å². The lowest BCUT2D eigenvalue weighted by atomic mass is 9.83. The Hall–Kier alpha value is 0.310. The van der Waals surface area contributed by atoms with Crippen LogP contribution in [0.2, 0.25) is 0 Å². The van der Waals surface area contributed by atoms with E-state index < -0.39 is 8.60 Å². The smallest absolute Gasteiger partial charge is 0.327 e. The van der Waals surface area contributed by atoms with E-state index in [0.29, 0.717) is 24.4 Å². The summed E-state index contributed by atoms with van der Waals surface area (Å²) < 4.78 is 4.75. The van der Waals surface area contributed by atoms with E-state index in [2.05, 4.69) is 27.7 Å². The molecule has 0 rings (SSSR count). The lowest BCUT2D eigenvalue weighted by Gasteiger charge is -2.24. The third kappa shape index (κ3) is 6.39. The van der Waals surface area contributed by atoms with E-state index in [1.54, 1.807) is 0 Å². The molecule has 80 valence electrons. The molecule has 0 radical (unpaired) electrons. The third-order valence-corrected chi connectivity index (χ3v) is 2.78. The first-order chi connectivity index (χ1) is 5.95. The van der Waals surface area contributed by atoms with Gasteiger partial charge in [0.2, 0.25) is 0 Å². The highest BCUT2D eigenvalue weighted by Crippen LogP contribution is 2.28. The molecule has 13 heavy (non-hydrogen) atoms. The van der Waals surface area contributed by atoms with Crippen molar-refractivity contribution >= 4 is 8.60 Å². The minimum Gasteiger partial charge on any atom is -0.328 e. The Kier molecular flexibility index (Phi) is 6.88. The fraction of sp³-hybridized carbons (Fsp3) is 1.00. The molecule has 0 aliphatic rings. The summed E-state index contributed by atoms with van der Waals surface area (Å²) in [5.74, 6) is 1.83. The summed E-state index contributed by atoms with van der Waals surface area (Å²) in [5, 5.41) is 0. The fourth-order valence-electron chi connectivity index (χ4n) is 1.71. The van der Waals surface area contributed by atoms with Crippen molar-refractivity contribution in [2.75, 3.05) is 6.61 Å². The van der Waals surface area contributed by atoms with Gasteiger partial charge in [0.1, 0.15) is 0 Å². The number of rotatable bonds is 6. The van der Waals surface area contributed by atoms with Gasteiger partial charge in [-0.1, -0.05) is 27.7 Å². The highest BCUT2D eigenvalue weighted by atomic mass is 31.2. The molecule has 0 amide bonds. The molecule has 0 heterocycles. The van der Waals surface area contributed by atoms with Crippen molar-refractivity contribution < 1.29 is 14.3 Å². The van der Waals surface area contributed by atoms with Crippen molar-refractivity contribution in [1.82, 2.24) is 0 Å². The second-order valence-corrected chi connectivity index (χ2v) is 4.79. The molecule has 0 spiro atoms. The molecular weight excluding hydrogens is 187 g/mol. The van der Waals surface area contributed by atoms with Crippen LogP contribution in [-0.4, -0.2) is 16.4 Å². The Labute approximate surface area is 82.1 Å². The highest BCUT2D eigenvalue weighted by molar-refractivity contribution is 7.39. The lowest BCUT2D eigenvalue weighted by molar-refractivity contribution is 0.190. The minimum absolute atomic E-state index is 0.444. The van der Waals surface area contributed by atoms with Crippen LogP contribution in [0.3, 0.4) is 0 Å². The normalized spacial score (nSPS) is 12.5. The summed E-state index contributed by atoms with van der Waals surface area (Å²) in [6, 6.07) is 0. The molecular formula is C9H21O3P. The van der Waals surface area contributed by atoms with Crippen molar-refractivity contribution in [2.45, 2.75) is 34.1 Å². The van der Waals surface area contributed by atoms with E-state index in [9.17, 15) is 0 Å². The first-order valence-corrected chi connectivity index (χ1v) is 5.92. The summed E-state index contributed by atoms with van der Waals surface area (Å²) >= 11 is 0. The van der Waals surface area contributed by atoms with Crippen molar-refractivity contribution in [2.24, 2.45) is 17.8 Å². The first kappa shape index (κ1) is 13.3. The van der Waals surface area contributed by atoms with Crippen LogP contribution in [0.1, 0.15) is 34.1 Å². The van der Waals surface area contributed by atoms with E-state index in [-0.39, 0.29) is 0 Å². The summed E-state index contributed by atoms with van der Waals surface area (Å²) in [6.07, 6.45) is 0.898. The molecule has 0 saturated heterocycles. The van der Waals surface area contributed by atoms with Gasteiger partial charge >= 0.3 is 8.60 Å². The molecule has 0 fully saturated rings. The zero-order valence-electron chi connectivity index (χ0n) is 8.90. The Balaban J connectivity index is 3.70. The van der Waals surface area contributed by atoms with Crippen LogP contribution >= 0.6 is 8.60 Å². The number of hydrogen-bond acceptors (Lipinski definition) is 3. The average molecular weight is 208 g/mol. The van der Waals surface area contributed by atoms with Gasteiger partial charge in [0.15, 0.2) is 0 Å². The molecule has 0 aliphatic carbocycles. The topological polar surface area (TPSA) is 49.7 Å². The van der Waals surface area contributed by atoms with E-state index in [0.717, 1.165) is 6.42 Å². The van der Waals surface area contributed by atoms with Gasteiger partial charge in [-0.2, -0.15) is 0 Å². The zero-order valence-corrected chi connectivity index (χ0v) is 9.79. The van der Waals surface area contributed by atoms with Gasteiger partial charge in [-0.05, 0) is 24.2 Å². The van der Waals surface area contributed by atoms with E-state index in [4.69, 9.17) is 14.3 Å².